The average Bonchev–Trinajstić information content (AvgIpc) is 2.27. The zero-order valence-electron chi connectivity index (χ0n) is 10.1. The van der Waals surface area contributed by atoms with E-state index in [0.29, 0.717) is 11.4 Å². The van der Waals surface area contributed by atoms with E-state index in [1.54, 1.807) is 23.1 Å². The lowest BCUT2D eigenvalue weighted by Crippen LogP contribution is -2.51. The minimum Gasteiger partial charge on any atom is -0.465 e. The standard InChI is InChI=1S/C12H13BrN2O3/c1-7-6-14(12(17)18)11-5-9(13)3-4-10(11)15(7)8(2)16/h3-5,7H,6H2,1-2H3,(H,17,18). The van der Waals surface area contributed by atoms with Gasteiger partial charge in [0.05, 0.1) is 17.4 Å². The second kappa shape index (κ2) is 4.61. The lowest BCUT2D eigenvalue weighted by Gasteiger charge is -2.39. The molecule has 1 aromatic carbocycles. The van der Waals surface area contributed by atoms with Gasteiger partial charge in [-0.25, -0.2) is 4.79 Å². The smallest absolute Gasteiger partial charge is 0.411 e. The van der Waals surface area contributed by atoms with Gasteiger partial charge in [0.15, 0.2) is 0 Å². The molecular formula is C12H13BrN2O3. The molecule has 1 N–H and O–H groups in total. The normalized spacial score (nSPS) is 18.5. The van der Waals surface area contributed by atoms with Crippen LogP contribution in [0.4, 0.5) is 16.2 Å². The van der Waals surface area contributed by atoms with E-state index in [1.165, 1.54) is 11.8 Å². The van der Waals surface area contributed by atoms with Gasteiger partial charge in [0, 0.05) is 17.9 Å². The molecule has 6 heteroatoms. The van der Waals surface area contributed by atoms with Gasteiger partial charge in [0.25, 0.3) is 0 Å². The fraction of sp³-hybridized carbons (Fsp3) is 0.333. The van der Waals surface area contributed by atoms with Crippen molar-refractivity contribution in [3.05, 3.63) is 22.7 Å². The summed E-state index contributed by atoms with van der Waals surface area (Å²) < 4.78 is 0.783. The van der Waals surface area contributed by atoms with Gasteiger partial charge in [-0.05, 0) is 25.1 Å². The maximum atomic E-state index is 11.7. The van der Waals surface area contributed by atoms with Crippen LogP contribution in [0, 0.1) is 0 Å². The Morgan fingerprint density at radius 3 is 2.61 bits per heavy atom. The molecule has 0 saturated heterocycles. The van der Waals surface area contributed by atoms with Crippen LogP contribution < -0.4 is 9.80 Å². The first-order valence-electron chi connectivity index (χ1n) is 5.51. The Labute approximate surface area is 113 Å². The van der Waals surface area contributed by atoms with Crippen molar-refractivity contribution >= 4 is 39.3 Å². The zero-order chi connectivity index (χ0) is 13.4. The van der Waals surface area contributed by atoms with E-state index in [9.17, 15) is 14.7 Å². The van der Waals surface area contributed by atoms with E-state index in [4.69, 9.17) is 0 Å². The van der Waals surface area contributed by atoms with Crippen LogP contribution in [0.15, 0.2) is 22.7 Å². The summed E-state index contributed by atoms with van der Waals surface area (Å²) in [4.78, 5) is 25.8. The van der Waals surface area contributed by atoms with Gasteiger partial charge in [-0.15, -0.1) is 0 Å². The number of nitrogens with zero attached hydrogens (tertiary/aromatic N) is 2. The van der Waals surface area contributed by atoms with Crippen molar-refractivity contribution in [2.75, 3.05) is 16.3 Å². The molecule has 1 heterocycles. The van der Waals surface area contributed by atoms with Crippen LogP contribution in [0.3, 0.4) is 0 Å². The van der Waals surface area contributed by atoms with Gasteiger partial charge in [-0.3, -0.25) is 9.69 Å². The minimum absolute atomic E-state index is 0.0869. The molecule has 96 valence electrons. The molecule has 2 amide bonds. The fourth-order valence-corrected chi connectivity index (χ4v) is 2.61. The molecule has 18 heavy (non-hydrogen) atoms. The lowest BCUT2D eigenvalue weighted by atomic mass is 10.1. The molecule has 1 aliphatic rings. The van der Waals surface area contributed by atoms with Crippen molar-refractivity contribution in [1.82, 2.24) is 0 Å². The monoisotopic (exact) mass is 312 g/mol. The summed E-state index contributed by atoms with van der Waals surface area (Å²) in [6.45, 7) is 3.60. The number of carbonyl (C=O) groups is 2. The number of anilines is 2. The summed E-state index contributed by atoms with van der Waals surface area (Å²) >= 11 is 3.32. The van der Waals surface area contributed by atoms with Crippen LogP contribution in [-0.2, 0) is 4.79 Å². The summed E-state index contributed by atoms with van der Waals surface area (Å²) in [5.41, 5.74) is 1.16. The SMILES string of the molecule is CC(=O)N1c2ccc(Br)cc2N(C(=O)O)CC1C. The van der Waals surface area contributed by atoms with Gasteiger partial charge >= 0.3 is 6.09 Å². The predicted molar refractivity (Wildman–Crippen MR) is 72.1 cm³/mol. The van der Waals surface area contributed by atoms with Crippen LogP contribution in [0.5, 0.6) is 0 Å². The molecule has 5 nitrogen and oxygen atoms in total. The highest BCUT2D eigenvalue weighted by Crippen LogP contribution is 2.37. The minimum atomic E-state index is -1.01. The molecule has 1 atom stereocenters. The largest absolute Gasteiger partial charge is 0.465 e. The second-order valence-corrected chi connectivity index (χ2v) is 5.18. The molecule has 0 fully saturated rings. The van der Waals surface area contributed by atoms with E-state index < -0.39 is 6.09 Å². The highest BCUT2D eigenvalue weighted by molar-refractivity contribution is 9.10. The molecule has 1 aromatic rings. The number of benzene rings is 1. The Kier molecular flexibility index (Phi) is 3.30. The third kappa shape index (κ3) is 2.08. The number of halogens is 1. The first kappa shape index (κ1) is 12.9. The van der Waals surface area contributed by atoms with Crippen molar-refractivity contribution in [3.8, 4) is 0 Å². The Hall–Kier alpha value is -1.56. The summed E-state index contributed by atoms with van der Waals surface area (Å²) in [7, 11) is 0. The molecule has 0 bridgehead atoms. The molecule has 0 radical (unpaired) electrons. The summed E-state index contributed by atoms with van der Waals surface area (Å²) in [6, 6.07) is 5.09. The summed E-state index contributed by atoms with van der Waals surface area (Å²) in [5, 5.41) is 9.23. The maximum absolute atomic E-state index is 11.7. The summed E-state index contributed by atoms with van der Waals surface area (Å²) in [6.07, 6.45) is -1.01. The van der Waals surface area contributed by atoms with Crippen LogP contribution in [0.25, 0.3) is 0 Å². The fourth-order valence-electron chi connectivity index (χ4n) is 2.26. The van der Waals surface area contributed by atoms with Crippen LogP contribution in [0.2, 0.25) is 0 Å². The molecular weight excluding hydrogens is 300 g/mol. The average molecular weight is 313 g/mol. The first-order valence-corrected chi connectivity index (χ1v) is 6.31. The quantitative estimate of drug-likeness (QED) is 0.801. The topological polar surface area (TPSA) is 60.9 Å². The number of amides is 2. The van der Waals surface area contributed by atoms with Crippen LogP contribution in [-0.4, -0.2) is 29.7 Å². The van der Waals surface area contributed by atoms with Crippen LogP contribution in [0.1, 0.15) is 13.8 Å². The molecule has 1 aliphatic heterocycles. The number of carboxylic acid groups (broad SMARTS) is 1. The maximum Gasteiger partial charge on any atom is 0.411 e. The van der Waals surface area contributed by atoms with Crippen molar-refractivity contribution in [2.45, 2.75) is 19.9 Å². The third-order valence-electron chi connectivity index (χ3n) is 2.95. The van der Waals surface area contributed by atoms with E-state index >= 15 is 0 Å². The Morgan fingerprint density at radius 1 is 1.39 bits per heavy atom. The Morgan fingerprint density at radius 2 is 2.06 bits per heavy atom. The number of hydrogen-bond acceptors (Lipinski definition) is 2. The van der Waals surface area contributed by atoms with Gasteiger partial charge in [0.2, 0.25) is 5.91 Å². The number of carbonyl (C=O) groups excluding carboxylic acids is 1. The van der Waals surface area contributed by atoms with E-state index in [0.717, 1.165) is 4.47 Å². The molecule has 1 unspecified atom stereocenters. The van der Waals surface area contributed by atoms with E-state index in [-0.39, 0.29) is 18.5 Å². The highest BCUT2D eigenvalue weighted by atomic mass is 79.9. The van der Waals surface area contributed by atoms with Crippen molar-refractivity contribution in [2.24, 2.45) is 0 Å². The Bertz CT molecular complexity index is 518. The van der Waals surface area contributed by atoms with E-state index in [2.05, 4.69) is 15.9 Å². The highest BCUT2D eigenvalue weighted by Gasteiger charge is 2.33. The van der Waals surface area contributed by atoms with Crippen molar-refractivity contribution < 1.29 is 14.7 Å². The second-order valence-electron chi connectivity index (χ2n) is 4.26. The lowest BCUT2D eigenvalue weighted by molar-refractivity contribution is -0.117. The molecule has 2 rings (SSSR count). The zero-order valence-corrected chi connectivity index (χ0v) is 11.6. The van der Waals surface area contributed by atoms with Gasteiger partial charge < -0.3 is 10.0 Å². The third-order valence-corrected chi connectivity index (χ3v) is 3.44. The first-order chi connectivity index (χ1) is 8.41. The number of hydrogen-bond donors (Lipinski definition) is 1. The van der Waals surface area contributed by atoms with Gasteiger partial charge in [-0.2, -0.15) is 0 Å². The Balaban J connectivity index is 2.59. The predicted octanol–water partition coefficient (Wildman–Crippen LogP) is 2.69. The molecule has 0 saturated carbocycles. The number of fused-ring (bicyclic) bond motifs is 1. The van der Waals surface area contributed by atoms with Crippen molar-refractivity contribution in [3.63, 3.8) is 0 Å². The van der Waals surface area contributed by atoms with Gasteiger partial charge in [0.1, 0.15) is 0 Å². The van der Waals surface area contributed by atoms with Gasteiger partial charge in [-0.1, -0.05) is 15.9 Å². The van der Waals surface area contributed by atoms with Crippen LogP contribution >= 0.6 is 15.9 Å². The van der Waals surface area contributed by atoms with E-state index in [1.807, 2.05) is 6.92 Å². The molecule has 0 spiro atoms. The summed E-state index contributed by atoms with van der Waals surface area (Å²) in [5.74, 6) is -0.0869. The number of rotatable bonds is 0. The molecule has 0 aliphatic carbocycles. The molecule has 0 aromatic heterocycles. The van der Waals surface area contributed by atoms with Crippen molar-refractivity contribution in [1.29, 1.82) is 0 Å².